The number of aliphatic hydroxyl groups is 1. The molecular weight excluding hydrogens is 813 g/mol. The van der Waals surface area contributed by atoms with E-state index in [1.54, 1.807) is 6.92 Å². The number of hydrogen-bond acceptors (Lipinski definition) is 8. The molecule has 8 bridgehead atoms. The molecule has 0 aromatic carbocycles. The van der Waals surface area contributed by atoms with Gasteiger partial charge in [-0.15, -0.1) is 0 Å². The summed E-state index contributed by atoms with van der Waals surface area (Å²) < 4.78 is 11.1. The van der Waals surface area contributed by atoms with E-state index in [0.717, 1.165) is 75.7 Å². The first kappa shape index (κ1) is 49.4. The maximum Gasteiger partial charge on any atom is 0.342 e. The zero-order chi connectivity index (χ0) is 47.3. The van der Waals surface area contributed by atoms with Crippen LogP contribution in [-0.4, -0.2) is 52.6 Å². The lowest BCUT2D eigenvalue weighted by Crippen LogP contribution is -2.27. The van der Waals surface area contributed by atoms with Crippen molar-refractivity contribution in [3.63, 3.8) is 0 Å². The average molecular weight is 891 g/mol. The number of methoxy groups -OCH3 is 1. The molecule has 10 nitrogen and oxygen atoms in total. The van der Waals surface area contributed by atoms with Gasteiger partial charge in [-0.25, -0.2) is 4.79 Å². The Labute approximate surface area is 388 Å². The third-order valence-corrected chi connectivity index (χ3v) is 14.9. The Hall–Kier alpha value is -4.99. The fraction of sp³-hybridized carbons (Fsp3) is 0.582. The Bertz CT molecular complexity index is 2420. The topological polar surface area (TPSA) is 146 Å². The number of ketones is 1. The molecule has 0 radical (unpaired) electrons. The predicted octanol–water partition coefficient (Wildman–Crippen LogP) is 10.8. The molecule has 1 fully saturated rings. The van der Waals surface area contributed by atoms with E-state index in [9.17, 15) is 19.5 Å². The number of carbonyl (C=O) groups excluding carboxylic acids is 3. The Morgan fingerprint density at radius 3 is 2.20 bits per heavy atom. The Kier molecular flexibility index (Phi) is 16.4. The maximum atomic E-state index is 13.6. The van der Waals surface area contributed by atoms with Crippen LogP contribution in [0.4, 0.5) is 0 Å². The van der Waals surface area contributed by atoms with Gasteiger partial charge in [0.1, 0.15) is 17.9 Å². The molecule has 6 rings (SSSR count). The van der Waals surface area contributed by atoms with E-state index in [1.807, 2.05) is 26.0 Å². The molecule has 5 N–H and O–H groups in total. The number of rotatable bonds is 20. The van der Waals surface area contributed by atoms with Crippen molar-refractivity contribution in [1.29, 1.82) is 0 Å². The highest BCUT2D eigenvalue weighted by Crippen LogP contribution is 2.49. The van der Waals surface area contributed by atoms with Gasteiger partial charge in [-0.3, -0.25) is 9.59 Å². The molecule has 354 valence electrons. The second-order valence-electron chi connectivity index (χ2n) is 20.3. The first-order valence-electron chi connectivity index (χ1n) is 24.6. The number of aromatic nitrogens is 2. The monoisotopic (exact) mass is 891 g/mol. The van der Waals surface area contributed by atoms with Crippen LogP contribution in [0, 0.1) is 49.4 Å². The normalized spacial score (nSPS) is 24.2. The lowest BCUT2D eigenvalue weighted by molar-refractivity contribution is -0.142. The molecule has 5 heterocycles. The number of ether oxygens (including phenoxy) is 2. The lowest BCUT2D eigenvalue weighted by atomic mass is 9.84. The van der Waals surface area contributed by atoms with Gasteiger partial charge >= 0.3 is 11.9 Å². The first-order chi connectivity index (χ1) is 30.9. The van der Waals surface area contributed by atoms with Gasteiger partial charge in [0.25, 0.3) is 0 Å². The van der Waals surface area contributed by atoms with E-state index >= 15 is 0 Å². The second kappa shape index (κ2) is 21.5. The predicted molar refractivity (Wildman–Crippen MR) is 264 cm³/mol. The molecule has 3 aliphatic heterocycles. The van der Waals surface area contributed by atoms with E-state index in [-0.39, 0.29) is 59.9 Å². The number of H-pyrrole nitrogens is 2. The Balaban J connectivity index is 1.22. The highest BCUT2D eigenvalue weighted by atomic mass is 16.5. The Morgan fingerprint density at radius 2 is 1.55 bits per heavy atom. The number of carbonyl (C=O) groups is 3. The summed E-state index contributed by atoms with van der Waals surface area (Å²) in [6, 6.07) is -0.255. The number of aliphatic hydroxyl groups excluding tert-OH is 1. The van der Waals surface area contributed by atoms with E-state index in [0.29, 0.717) is 34.7 Å². The fourth-order valence-electron chi connectivity index (χ4n) is 10.8. The van der Waals surface area contributed by atoms with Crippen molar-refractivity contribution in [3.05, 3.63) is 84.2 Å². The summed E-state index contributed by atoms with van der Waals surface area (Å²) in [5, 5.41) is 20.9. The van der Waals surface area contributed by atoms with Crippen LogP contribution in [0.5, 0.6) is 0 Å². The molecule has 4 aliphatic rings. The van der Waals surface area contributed by atoms with E-state index in [4.69, 9.17) is 9.47 Å². The summed E-state index contributed by atoms with van der Waals surface area (Å²) in [4.78, 5) is 47.5. The number of aromatic amines is 2. The zero-order valence-corrected chi connectivity index (χ0v) is 41.5. The fourth-order valence-corrected chi connectivity index (χ4v) is 10.8. The van der Waals surface area contributed by atoms with Crippen molar-refractivity contribution in [1.82, 2.24) is 20.6 Å². The molecule has 0 amide bonds. The van der Waals surface area contributed by atoms with Gasteiger partial charge in [-0.05, 0) is 125 Å². The van der Waals surface area contributed by atoms with Crippen LogP contribution < -0.4 is 21.3 Å². The van der Waals surface area contributed by atoms with Gasteiger partial charge in [0.2, 0.25) is 0 Å². The SMILES string of the molecule is CC[C@@H]1C(C)=C2/C=c3\[nH]/c(c(C)c3C(C)=O)=C\C3N/C(=C4/C(C(=O)OC)=C(O)c5c4[nH]c(c5C)/C=C/1N2)[C@@H](CCC(=O)OC/C=C(\C)CCC[C@H](C)CCC[C@H](C)CCCC(C)C)[C@@H]3C. The van der Waals surface area contributed by atoms with Crippen molar-refractivity contribution in [2.75, 3.05) is 13.7 Å². The maximum absolute atomic E-state index is 13.6. The van der Waals surface area contributed by atoms with Gasteiger partial charge in [-0.1, -0.05) is 92.1 Å². The molecule has 10 heteroatoms. The zero-order valence-electron chi connectivity index (χ0n) is 41.5. The summed E-state index contributed by atoms with van der Waals surface area (Å²) in [5.74, 6) is 1.07. The summed E-state index contributed by atoms with van der Waals surface area (Å²) in [6.07, 6.45) is 21.1. The van der Waals surface area contributed by atoms with Crippen LogP contribution in [0.25, 0.3) is 29.6 Å². The standard InChI is InChI=1S/C55H78N4O6/c1-13-39-34(7)41-29-46-48(38(11)60)36(9)43(57-46)27-42-35(8)40(52(58-42)50-51(55(63)64-12)54(62)49-37(10)44(59-53(49)50)28-45(39)56-41)23-24-47(61)65-26-25-33(6)22-16-21-32(5)20-15-19-31(4)18-14-17-30(2)3/h25,27-32,35,39-40,42,56-59,62H,13-24,26H2,1-12H3/b33-25+,43-27-,45-28-,46-29-,52-50-/t31-,32-,35+,39-,40+,42?/m1/s1. The van der Waals surface area contributed by atoms with Crippen molar-refractivity contribution < 1.29 is 29.0 Å². The van der Waals surface area contributed by atoms with E-state index < -0.39 is 5.97 Å². The molecule has 0 spiro atoms. The molecular formula is C55H78N4O6. The number of hydrogen-bond donors (Lipinski definition) is 5. The molecule has 0 saturated carbocycles. The van der Waals surface area contributed by atoms with Crippen molar-refractivity contribution in [2.24, 2.45) is 35.5 Å². The molecule has 65 heavy (non-hydrogen) atoms. The van der Waals surface area contributed by atoms with Crippen LogP contribution in [0.2, 0.25) is 0 Å². The lowest BCUT2D eigenvalue weighted by Gasteiger charge is -2.19. The molecule has 1 aliphatic carbocycles. The van der Waals surface area contributed by atoms with Crippen molar-refractivity contribution in [2.45, 2.75) is 159 Å². The number of allylic oxidation sites excluding steroid dienone is 4. The third kappa shape index (κ3) is 11.0. The van der Waals surface area contributed by atoms with Gasteiger partial charge < -0.3 is 35.2 Å². The van der Waals surface area contributed by atoms with Gasteiger partial charge in [0.05, 0.1) is 18.2 Å². The molecule has 2 aromatic heterocycles. The minimum Gasteiger partial charge on any atom is -0.506 e. The largest absolute Gasteiger partial charge is 0.506 e. The number of nitrogens with one attached hydrogen (secondary N) is 4. The van der Waals surface area contributed by atoms with E-state index in [2.05, 4.69) is 88.1 Å². The van der Waals surface area contributed by atoms with Crippen LogP contribution in [0.15, 0.2) is 39.9 Å². The summed E-state index contributed by atoms with van der Waals surface area (Å²) in [6.45, 7) is 23.7. The van der Waals surface area contributed by atoms with Crippen molar-refractivity contribution in [3.8, 4) is 0 Å². The number of fused-ring (bicyclic) bond motifs is 7. The highest BCUT2D eigenvalue weighted by molar-refractivity contribution is 6.17. The third-order valence-electron chi connectivity index (χ3n) is 14.9. The number of esters is 2. The van der Waals surface area contributed by atoms with Gasteiger partial charge in [-0.2, -0.15) is 0 Å². The van der Waals surface area contributed by atoms with Crippen LogP contribution in [0.1, 0.15) is 178 Å². The summed E-state index contributed by atoms with van der Waals surface area (Å²) in [7, 11) is 1.32. The number of Topliss-reactive ketones (excluding diaryl/α,β-unsaturated/α-hetero) is 1. The van der Waals surface area contributed by atoms with Gasteiger partial charge in [0.15, 0.2) is 5.78 Å². The molecule has 1 unspecified atom stereocenters. The Morgan fingerprint density at radius 1 is 0.877 bits per heavy atom. The van der Waals surface area contributed by atoms with Gasteiger partial charge in [0, 0.05) is 69.1 Å². The minimum absolute atomic E-state index is 0.0254. The molecule has 6 atom stereocenters. The second-order valence-corrected chi connectivity index (χ2v) is 20.3. The summed E-state index contributed by atoms with van der Waals surface area (Å²) >= 11 is 0. The van der Waals surface area contributed by atoms with Crippen LogP contribution >= 0.6 is 0 Å². The smallest absolute Gasteiger partial charge is 0.342 e. The van der Waals surface area contributed by atoms with Crippen LogP contribution in [0.3, 0.4) is 0 Å². The first-order valence-corrected chi connectivity index (χ1v) is 24.6. The quantitative estimate of drug-likeness (QED) is 0.0502. The molecule has 1 saturated heterocycles. The highest BCUT2D eigenvalue weighted by Gasteiger charge is 2.44. The van der Waals surface area contributed by atoms with Crippen molar-refractivity contribution >= 4 is 47.3 Å². The van der Waals surface area contributed by atoms with E-state index in [1.165, 1.54) is 63.2 Å². The minimum atomic E-state index is -0.642. The summed E-state index contributed by atoms with van der Waals surface area (Å²) in [5.41, 5.74) is 10.1. The van der Waals surface area contributed by atoms with Crippen LogP contribution in [-0.2, 0) is 19.1 Å². The molecule has 2 aromatic rings. The average Bonchev–Trinajstić information content (AvgIpc) is 4.00.